The molecule has 0 saturated heterocycles. The van der Waals surface area contributed by atoms with Crippen LogP contribution >= 0.6 is 0 Å². The number of halogens is 2. The van der Waals surface area contributed by atoms with E-state index >= 15 is 0 Å². The molecule has 0 heterocycles. The topological polar surface area (TPSA) is 0 Å². The molecule has 0 aliphatic rings. The molecule has 0 radical (unpaired) electrons. The summed E-state index contributed by atoms with van der Waals surface area (Å²) in [5, 5.41) is 5.32. The van der Waals surface area contributed by atoms with Gasteiger partial charge >= 0.3 is 57.5 Å². The molecule has 0 aliphatic heterocycles. The quantitative estimate of drug-likeness (QED) is 0.242. The van der Waals surface area contributed by atoms with E-state index in [9.17, 15) is 0 Å². The normalized spacial score (nSPS) is 8.74. The van der Waals surface area contributed by atoms with Crippen molar-refractivity contribution in [3.8, 4) is 0 Å². The van der Waals surface area contributed by atoms with Gasteiger partial charge in [-0.25, -0.2) is 0 Å². The van der Waals surface area contributed by atoms with Crippen molar-refractivity contribution in [3.63, 3.8) is 0 Å². The van der Waals surface area contributed by atoms with E-state index in [0.717, 1.165) is 0 Å². The second-order valence-electron chi connectivity index (χ2n) is 6.43. The molecule has 4 aromatic carbocycles. The van der Waals surface area contributed by atoms with Gasteiger partial charge in [0.2, 0.25) is 0 Å². The first-order valence-corrected chi connectivity index (χ1v) is 21.0. The molecular formula is C22H26Cl2Si2Zr-4. The molecule has 27 heavy (non-hydrogen) atoms. The average molecular weight is 509 g/mol. The van der Waals surface area contributed by atoms with Crippen LogP contribution in [-0.4, -0.2) is 10.9 Å². The Labute approximate surface area is 187 Å². The molecule has 0 saturated carbocycles. The molecule has 0 amide bonds. The smallest absolute Gasteiger partial charge is 0.0809 e. The monoisotopic (exact) mass is 506 g/mol. The van der Waals surface area contributed by atoms with E-state index < -0.39 is 0 Å². The van der Waals surface area contributed by atoms with Gasteiger partial charge in [0.05, 0.1) is 0 Å². The first kappa shape index (κ1) is 26.6. The molecule has 0 bridgehead atoms. The fourth-order valence-electron chi connectivity index (χ4n) is 2.64. The van der Waals surface area contributed by atoms with E-state index in [1.54, 1.807) is 0 Å². The molecule has 4 rings (SSSR count). The van der Waals surface area contributed by atoms with Gasteiger partial charge < -0.3 is 24.8 Å². The Bertz CT molecular complexity index is 849. The van der Waals surface area contributed by atoms with Gasteiger partial charge in [0, 0.05) is 0 Å². The molecule has 0 nitrogen and oxygen atoms in total. The van der Waals surface area contributed by atoms with Crippen molar-refractivity contribution >= 4 is 32.4 Å². The third-order valence-electron chi connectivity index (χ3n) is 3.60. The third kappa shape index (κ3) is 10.1. The van der Waals surface area contributed by atoms with Gasteiger partial charge in [0.15, 0.2) is 0 Å². The Kier molecular flexibility index (Phi) is 14.3. The summed E-state index contributed by atoms with van der Waals surface area (Å²) >= 11 is 0.243. The van der Waals surface area contributed by atoms with Crippen LogP contribution in [-0.2, 0) is 20.5 Å². The van der Waals surface area contributed by atoms with Crippen LogP contribution in [0.25, 0.3) is 21.5 Å². The third-order valence-corrected chi connectivity index (χ3v) is 29.7. The van der Waals surface area contributed by atoms with Crippen molar-refractivity contribution in [3.05, 3.63) is 84.9 Å². The van der Waals surface area contributed by atoms with E-state index in [-0.39, 0.29) is 56.1 Å². The van der Waals surface area contributed by atoms with Gasteiger partial charge in [0.25, 0.3) is 0 Å². The summed E-state index contributed by atoms with van der Waals surface area (Å²) in [7, 11) is 0. The van der Waals surface area contributed by atoms with E-state index in [0.29, 0.717) is 0 Å². The zero-order valence-corrected chi connectivity index (χ0v) is 22.3. The summed E-state index contributed by atoms with van der Waals surface area (Å²) in [6, 6.07) is 29.3. The fraction of sp³-hybridized carbons (Fsp3) is 0.182. The Morgan fingerprint density at radius 2 is 0.963 bits per heavy atom. The maximum Gasteiger partial charge on any atom is -0.0809 e. The van der Waals surface area contributed by atoms with Gasteiger partial charge in [-0.3, -0.25) is 0 Å². The van der Waals surface area contributed by atoms with Crippen LogP contribution in [0.1, 0.15) is 0 Å². The molecule has 144 valence electrons. The van der Waals surface area contributed by atoms with Crippen LogP contribution < -0.4 is 24.8 Å². The predicted octanol–water partition coefficient (Wildman–Crippen LogP) is 0.697. The van der Waals surface area contributed by atoms with Crippen LogP contribution in [0.3, 0.4) is 0 Å². The second-order valence-corrected chi connectivity index (χ2v) is 31.7. The van der Waals surface area contributed by atoms with Gasteiger partial charge in [-0.05, 0) is 0 Å². The zero-order valence-electron chi connectivity index (χ0n) is 16.3. The van der Waals surface area contributed by atoms with Crippen molar-refractivity contribution in [2.24, 2.45) is 0 Å². The van der Waals surface area contributed by atoms with Crippen molar-refractivity contribution in [1.82, 2.24) is 0 Å². The average Bonchev–Trinajstić information content (AvgIpc) is 3.23. The first-order chi connectivity index (χ1) is 12.1. The molecule has 5 heteroatoms. The van der Waals surface area contributed by atoms with Gasteiger partial charge in [0.1, 0.15) is 0 Å². The summed E-state index contributed by atoms with van der Waals surface area (Å²) in [6.45, 7) is 9.87. The second kappa shape index (κ2) is 14.5. The van der Waals surface area contributed by atoms with Gasteiger partial charge in [-0.1, -0.05) is 12.1 Å². The molecule has 0 N–H and O–H groups in total. The van der Waals surface area contributed by atoms with E-state index in [1.165, 1.54) is 21.5 Å². The summed E-state index contributed by atoms with van der Waals surface area (Å²) in [4.78, 5) is 0. The SMILES string of the molecule is C[Si](C)=[Zr]=[Si](C)C.[Cl-].[Cl-].c1ccc2[cH-]ccc2c1.c1ccc2[cH-]ccc2c1. The minimum Gasteiger partial charge on any atom is -1.00 e. The summed E-state index contributed by atoms with van der Waals surface area (Å²) < 4.78 is 0. The Morgan fingerprint density at radius 1 is 0.593 bits per heavy atom. The molecule has 0 aliphatic carbocycles. The summed E-state index contributed by atoms with van der Waals surface area (Å²) in [5.41, 5.74) is 0.562. The fourth-order valence-corrected chi connectivity index (χ4v) is 28.8. The number of hydrogen-bond acceptors (Lipinski definition) is 0. The minimum atomic E-state index is 0. The molecule has 0 unspecified atom stereocenters. The molecular weight excluding hydrogens is 483 g/mol. The molecule has 4 aromatic rings. The van der Waals surface area contributed by atoms with Crippen LogP contribution in [0.15, 0.2) is 84.9 Å². The van der Waals surface area contributed by atoms with Crippen LogP contribution in [0.4, 0.5) is 0 Å². The Balaban J connectivity index is 0.000000367. The number of hydrogen-bond donors (Lipinski definition) is 0. The first-order valence-electron chi connectivity index (χ1n) is 8.64. The van der Waals surface area contributed by atoms with Gasteiger partial charge in [-0.2, -0.15) is 35.0 Å². The van der Waals surface area contributed by atoms with Crippen molar-refractivity contribution in [2.45, 2.75) is 26.2 Å². The van der Waals surface area contributed by atoms with Crippen LogP contribution in [0.5, 0.6) is 0 Å². The maximum atomic E-state index is 2.47. The standard InChI is InChI=1S/2C9H7.2C2H6Si.2ClH.Zr/c2*1-2-5-9-7-3-6-8(9)4-1;2*1-3-2;;;/h2*1-7H;2*1-2H3;2*1H;/q2*-1;;;;;/p-2. The van der Waals surface area contributed by atoms with Gasteiger partial charge in [-0.15, -0.1) is 59.3 Å². The van der Waals surface area contributed by atoms with E-state index in [2.05, 4.69) is 111 Å². The largest absolute Gasteiger partial charge is 1.00 e. The molecule has 0 aromatic heterocycles. The number of fused-ring (bicyclic) bond motifs is 2. The van der Waals surface area contributed by atoms with Crippen molar-refractivity contribution < 1.29 is 45.3 Å². The number of benzene rings is 2. The minimum absolute atomic E-state index is 0. The molecule has 0 fully saturated rings. The van der Waals surface area contributed by atoms with E-state index in [4.69, 9.17) is 0 Å². The maximum absolute atomic E-state index is 2.47. The summed E-state index contributed by atoms with van der Waals surface area (Å²) in [5.74, 6) is 0. The number of rotatable bonds is 0. The van der Waals surface area contributed by atoms with Crippen molar-refractivity contribution in [2.75, 3.05) is 0 Å². The zero-order chi connectivity index (χ0) is 18.1. The Hall–Kier alpha value is -0.443. The molecule has 0 spiro atoms. The Morgan fingerprint density at radius 3 is 1.26 bits per heavy atom. The van der Waals surface area contributed by atoms with Crippen LogP contribution in [0.2, 0.25) is 26.2 Å². The summed E-state index contributed by atoms with van der Waals surface area (Å²) in [6.07, 6.45) is 0. The van der Waals surface area contributed by atoms with E-state index in [1.807, 2.05) is 0 Å². The van der Waals surface area contributed by atoms with Crippen molar-refractivity contribution in [1.29, 1.82) is 0 Å². The predicted molar refractivity (Wildman–Crippen MR) is 114 cm³/mol. The van der Waals surface area contributed by atoms with Crippen LogP contribution in [0, 0.1) is 0 Å². The molecule has 0 atom stereocenters.